The lowest BCUT2D eigenvalue weighted by molar-refractivity contribution is -0.139. The Balaban J connectivity index is 2.75. The van der Waals surface area contributed by atoms with Crippen LogP contribution >= 0.6 is 0 Å². The number of aliphatic carboxylic acids is 1. The summed E-state index contributed by atoms with van der Waals surface area (Å²) in [6, 6.07) is 6.79. The topological polar surface area (TPSA) is 89.9 Å². The zero-order valence-corrected chi connectivity index (χ0v) is 10.9. The first-order chi connectivity index (χ1) is 8.91. The maximum Gasteiger partial charge on any atom is 0.330 e. The normalized spacial score (nSPS) is 13.4. The third-order valence-electron chi connectivity index (χ3n) is 2.53. The van der Waals surface area contributed by atoms with E-state index < -0.39 is 24.1 Å². The van der Waals surface area contributed by atoms with Gasteiger partial charge in [0.15, 0.2) is 6.04 Å². The van der Waals surface area contributed by atoms with Gasteiger partial charge in [-0.2, -0.15) is 0 Å². The van der Waals surface area contributed by atoms with Gasteiger partial charge in [0.05, 0.1) is 6.10 Å². The molecule has 0 saturated heterocycles. The largest absolute Gasteiger partial charge is 0.479 e. The Morgan fingerprint density at radius 3 is 2.37 bits per heavy atom. The molecule has 0 bridgehead atoms. The number of aliphatic hydroxyl groups excluding tert-OH is 1. The number of carbonyl (C=O) groups is 2. The van der Waals surface area contributed by atoms with Gasteiger partial charge >= 0.3 is 12.0 Å². The molecular weight excluding hydrogens is 248 g/mol. The highest BCUT2D eigenvalue weighted by atomic mass is 16.4. The van der Waals surface area contributed by atoms with E-state index in [4.69, 9.17) is 5.11 Å². The maximum atomic E-state index is 11.8. The van der Waals surface area contributed by atoms with E-state index in [1.165, 1.54) is 11.9 Å². The van der Waals surface area contributed by atoms with Crippen LogP contribution in [0.15, 0.2) is 30.3 Å². The van der Waals surface area contributed by atoms with E-state index in [0.717, 1.165) is 0 Å². The number of benzene rings is 1. The van der Waals surface area contributed by atoms with E-state index in [0.29, 0.717) is 5.56 Å². The van der Waals surface area contributed by atoms with E-state index in [1.807, 2.05) is 0 Å². The van der Waals surface area contributed by atoms with Crippen molar-refractivity contribution in [3.63, 3.8) is 0 Å². The number of carboxylic acid groups (broad SMARTS) is 1. The first-order valence-corrected chi connectivity index (χ1v) is 5.89. The van der Waals surface area contributed by atoms with Crippen molar-refractivity contribution < 1.29 is 19.8 Å². The van der Waals surface area contributed by atoms with Crippen molar-refractivity contribution in [3.8, 4) is 0 Å². The van der Waals surface area contributed by atoms with Crippen LogP contribution in [0.25, 0.3) is 0 Å². The van der Waals surface area contributed by atoms with E-state index in [-0.39, 0.29) is 6.54 Å². The quantitative estimate of drug-likeness (QED) is 0.736. The van der Waals surface area contributed by atoms with Crippen molar-refractivity contribution >= 4 is 12.0 Å². The summed E-state index contributed by atoms with van der Waals surface area (Å²) in [4.78, 5) is 24.2. The SMILES string of the molecule is CC(O)CN(C)C(=O)N[C@H](C(=O)O)c1ccccc1. The van der Waals surface area contributed by atoms with Crippen LogP contribution in [0.3, 0.4) is 0 Å². The van der Waals surface area contributed by atoms with Crippen LogP contribution in [0, 0.1) is 0 Å². The van der Waals surface area contributed by atoms with Crippen LogP contribution in [0.1, 0.15) is 18.5 Å². The Bertz CT molecular complexity index is 434. The minimum atomic E-state index is -1.13. The Labute approximate surface area is 111 Å². The Morgan fingerprint density at radius 1 is 1.32 bits per heavy atom. The van der Waals surface area contributed by atoms with Gasteiger partial charge < -0.3 is 20.4 Å². The molecule has 1 rings (SSSR count). The fourth-order valence-corrected chi connectivity index (χ4v) is 1.65. The first kappa shape index (κ1) is 15.0. The molecule has 6 nitrogen and oxygen atoms in total. The number of nitrogens with zero attached hydrogens (tertiary/aromatic N) is 1. The Hall–Kier alpha value is -2.08. The third-order valence-corrected chi connectivity index (χ3v) is 2.53. The molecule has 1 aromatic carbocycles. The number of nitrogens with one attached hydrogen (secondary N) is 1. The van der Waals surface area contributed by atoms with Gasteiger partial charge in [0.1, 0.15) is 0 Å². The number of urea groups is 1. The predicted molar refractivity (Wildman–Crippen MR) is 69.7 cm³/mol. The van der Waals surface area contributed by atoms with Gasteiger partial charge in [-0.05, 0) is 12.5 Å². The molecule has 6 heteroatoms. The second-order valence-corrected chi connectivity index (χ2v) is 4.36. The van der Waals surface area contributed by atoms with Gasteiger partial charge in [0.2, 0.25) is 0 Å². The van der Waals surface area contributed by atoms with Gasteiger partial charge in [-0.25, -0.2) is 9.59 Å². The van der Waals surface area contributed by atoms with Crippen LogP contribution in [-0.4, -0.2) is 46.8 Å². The molecule has 2 amide bonds. The number of carboxylic acids is 1. The van der Waals surface area contributed by atoms with Crippen molar-refractivity contribution in [2.24, 2.45) is 0 Å². The van der Waals surface area contributed by atoms with Crippen molar-refractivity contribution in [2.75, 3.05) is 13.6 Å². The first-order valence-electron chi connectivity index (χ1n) is 5.89. The molecule has 0 saturated carbocycles. The summed E-state index contributed by atoms with van der Waals surface area (Å²) in [5.41, 5.74) is 0.494. The van der Waals surface area contributed by atoms with Gasteiger partial charge in [-0.3, -0.25) is 0 Å². The minimum absolute atomic E-state index is 0.132. The van der Waals surface area contributed by atoms with E-state index in [1.54, 1.807) is 37.3 Å². The van der Waals surface area contributed by atoms with E-state index in [2.05, 4.69) is 5.32 Å². The summed E-state index contributed by atoms with van der Waals surface area (Å²) in [6.07, 6.45) is -0.671. The lowest BCUT2D eigenvalue weighted by Gasteiger charge is -2.22. The smallest absolute Gasteiger partial charge is 0.330 e. The van der Waals surface area contributed by atoms with Crippen LogP contribution < -0.4 is 5.32 Å². The number of aliphatic hydroxyl groups is 1. The lowest BCUT2D eigenvalue weighted by Crippen LogP contribution is -2.44. The minimum Gasteiger partial charge on any atom is -0.479 e. The van der Waals surface area contributed by atoms with Gasteiger partial charge in [-0.15, -0.1) is 0 Å². The molecule has 3 N–H and O–H groups in total. The van der Waals surface area contributed by atoms with Crippen LogP contribution in [0.4, 0.5) is 4.79 Å². The molecule has 2 atom stereocenters. The number of rotatable bonds is 5. The molecule has 0 heterocycles. The average Bonchev–Trinajstić information content (AvgIpc) is 2.35. The number of likely N-dealkylation sites (N-methyl/N-ethyl adjacent to an activating group) is 1. The molecule has 19 heavy (non-hydrogen) atoms. The molecule has 0 aliphatic heterocycles. The summed E-state index contributed by atoms with van der Waals surface area (Å²) in [5, 5.41) is 20.8. The molecule has 104 valence electrons. The number of hydrogen-bond acceptors (Lipinski definition) is 3. The predicted octanol–water partition coefficient (Wildman–Crippen LogP) is 0.834. The molecule has 1 aromatic rings. The molecule has 1 unspecified atom stereocenters. The molecule has 0 fully saturated rings. The zero-order chi connectivity index (χ0) is 14.4. The number of amides is 2. The molecular formula is C13H18N2O4. The fraction of sp³-hybridized carbons (Fsp3) is 0.385. The van der Waals surface area contributed by atoms with Crippen molar-refractivity contribution in [3.05, 3.63) is 35.9 Å². The van der Waals surface area contributed by atoms with Gasteiger partial charge in [0, 0.05) is 13.6 Å². The van der Waals surface area contributed by atoms with E-state index in [9.17, 15) is 14.7 Å². The van der Waals surface area contributed by atoms with E-state index >= 15 is 0 Å². The summed E-state index contributed by atoms with van der Waals surface area (Å²) >= 11 is 0. The lowest BCUT2D eigenvalue weighted by atomic mass is 10.1. The molecule has 0 spiro atoms. The zero-order valence-electron chi connectivity index (χ0n) is 10.9. The average molecular weight is 266 g/mol. The standard InChI is InChI=1S/C13H18N2O4/c1-9(16)8-15(2)13(19)14-11(12(17)18)10-6-4-3-5-7-10/h3-7,9,11,16H,8H2,1-2H3,(H,14,19)(H,17,18)/t9?,11-/m0/s1. The van der Waals surface area contributed by atoms with Crippen LogP contribution in [-0.2, 0) is 4.79 Å². The summed E-state index contributed by atoms with van der Waals surface area (Å²) in [5.74, 6) is -1.13. The fourth-order valence-electron chi connectivity index (χ4n) is 1.65. The van der Waals surface area contributed by atoms with Crippen LogP contribution in [0.2, 0.25) is 0 Å². The molecule has 0 aromatic heterocycles. The Morgan fingerprint density at radius 2 is 1.89 bits per heavy atom. The monoisotopic (exact) mass is 266 g/mol. The summed E-state index contributed by atoms with van der Waals surface area (Å²) in [6.45, 7) is 1.68. The highest BCUT2D eigenvalue weighted by Crippen LogP contribution is 2.13. The second-order valence-electron chi connectivity index (χ2n) is 4.36. The van der Waals surface area contributed by atoms with Gasteiger partial charge in [0.25, 0.3) is 0 Å². The maximum absolute atomic E-state index is 11.8. The van der Waals surface area contributed by atoms with Crippen molar-refractivity contribution in [2.45, 2.75) is 19.1 Å². The summed E-state index contributed by atoms with van der Waals surface area (Å²) < 4.78 is 0. The van der Waals surface area contributed by atoms with Crippen molar-refractivity contribution in [1.29, 1.82) is 0 Å². The summed E-state index contributed by atoms with van der Waals surface area (Å²) in [7, 11) is 1.49. The van der Waals surface area contributed by atoms with Gasteiger partial charge in [-0.1, -0.05) is 30.3 Å². The second kappa shape index (κ2) is 6.75. The molecule has 0 radical (unpaired) electrons. The Kier molecular flexibility index (Phi) is 5.32. The number of carbonyl (C=O) groups excluding carboxylic acids is 1. The molecule has 0 aliphatic rings. The molecule has 0 aliphatic carbocycles. The number of hydrogen-bond donors (Lipinski definition) is 3. The van der Waals surface area contributed by atoms with Crippen molar-refractivity contribution in [1.82, 2.24) is 10.2 Å². The third kappa shape index (κ3) is 4.59. The van der Waals surface area contributed by atoms with Crippen LogP contribution in [0.5, 0.6) is 0 Å². The highest BCUT2D eigenvalue weighted by Gasteiger charge is 2.23. The highest BCUT2D eigenvalue weighted by molar-refractivity contribution is 5.83.